The van der Waals surface area contributed by atoms with E-state index in [-0.39, 0.29) is 5.69 Å². The van der Waals surface area contributed by atoms with Gasteiger partial charge in [-0.25, -0.2) is 4.98 Å². The Kier molecular flexibility index (Phi) is 3.19. The number of anilines is 1. The summed E-state index contributed by atoms with van der Waals surface area (Å²) in [4.78, 5) is 4.14. The lowest BCUT2D eigenvalue weighted by Crippen LogP contribution is -1.95. The first-order valence-corrected chi connectivity index (χ1v) is 5.49. The van der Waals surface area contributed by atoms with Crippen LogP contribution in [0, 0.1) is 11.3 Å². The van der Waals surface area contributed by atoms with E-state index in [4.69, 9.17) is 34.2 Å². The van der Waals surface area contributed by atoms with Crippen molar-refractivity contribution in [3.63, 3.8) is 0 Å². The van der Waals surface area contributed by atoms with Gasteiger partial charge in [-0.05, 0) is 30.3 Å². The number of pyridine rings is 1. The van der Waals surface area contributed by atoms with Crippen molar-refractivity contribution in [1.82, 2.24) is 4.98 Å². The Hall–Kier alpha value is -1.76. The van der Waals surface area contributed by atoms with Crippen LogP contribution in [-0.2, 0) is 0 Å². The molecular formula is C12H7Cl2N3. The van der Waals surface area contributed by atoms with Crippen LogP contribution >= 0.6 is 23.2 Å². The third-order valence-corrected chi connectivity index (χ3v) is 2.79. The molecule has 84 valence electrons. The van der Waals surface area contributed by atoms with Gasteiger partial charge in [-0.2, -0.15) is 5.26 Å². The Morgan fingerprint density at radius 1 is 1.18 bits per heavy atom. The smallest absolute Gasteiger partial charge is 0.164 e. The van der Waals surface area contributed by atoms with Crippen molar-refractivity contribution in [3.05, 3.63) is 46.1 Å². The van der Waals surface area contributed by atoms with E-state index in [1.54, 1.807) is 30.3 Å². The number of nitriles is 1. The molecule has 2 aromatic rings. The summed E-state index contributed by atoms with van der Waals surface area (Å²) in [5.41, 5.74) is 7.45. The molecule has 0 saturated heterocycles. The standard InChI is InChI=1S/C12H7Cl2N3/c13-7-1-2-8(9(14)5-7)11-4-3-10(16)12(6-15)17-11/h1-5H,16H2. The largest absolute Gasteiger partial charge is 0.396 e. The highest BCUT2D eigenvalue weighted by Crippen LogP contribution is 2.29. The third kappa shape index (κ3) is 2.33. The zero-order valence-corrected chi connectivity index (χ0v) is 10.1. The number of rotatable bonds is 1. The maximum atomic E-state index is 8.86. The maximum absolute atomic E-state index is 8.86. The molecule has 1 aromatic heterocycles. The summed E-state index contributed by atoms with van der Waals surface area (Å²) in [6, 6.07) is 10.4. The summed E-state index contributed by atoms with van der Waals surface area (Å²) in [6.07, 6.45) is 0. The molecule has 0 aliphatic heterocycles. The number of nitrogens with two attached hydrogens (primary N) is 1. The lowest BCUT2D eigenvalue weighted by atomic mass is 10.1. The van der Waals surface area contributed by atoms with E-state index in [1.165, 1.54) is 0 Å². The molecule has 0 radical (unpaired) electrons. The second-order valence-corrected chi connectivity index (χ2v) is 4.21. The Morgan fingerprint density at radius 3 is 2.59 bits per heavy atom. The predicted molar refractivity (Wildman–Crippen MR) is 68.8 cm³/mol. The normalized spacial score (nSPS) is 9.94. The number of hydrogen-bond donors (Lipinski definition) is 1. The molecule has 3 nitrogen and oxygen atoms in total. The van der Waals surface area contributed by atoms with Gasteiger partial charge in [-0.15, -0.1) is 0 Å². The summed E-state index contributed by atoms with van der Waals surface area (Å²) in [5.74, 6) is 0. The van der Waals surface area contributed by atoms with Crippen LogP contribution in [0.3, 0.4) is 0 Å². The van der Waals surface area contributed by atoms with Gasteiger partial charge in [0.1, 0.15) is 6.07 Å². The minimum Gasteiger partial charge on any atom is -0.396 e. The van der Waals surface area contributed by atoms with E-state index in [0.717, 1.165) is 0 Å². The minimum absolute atomic E-state index is 0.188. The van der Waals surface area contributed by atoms with Gasteiger partial charge in [-0.3, -0.25) is 0 Å². The van der Waals surface area contributed by atoms with E-state index < -0.39 is 0 Å². The zero-order valence-electron chi connectivity index (χ0n) is 8.61. The van der Waals surface area contributed by atoms with Gasteiger partial charge < -0.3 is 5.73 Å². The average molecular weight is 264 g/mol. The summed E-state index contributed by atoms with van der Waals surface area (Å²) in [5, 5.41) is 9.89. The number of nitrogen functional groups attached to an aromatic ring is 1. The fourth-order valence-electron chi connectivity index (χ4n) is 1.41. The van der Waals surface area contributed by atoms with Gasteiger partial charge in [0.2, 0.25) is 0 Å². The molecule has 0 aliphatic rings. The summed E-state index contributed by atoms with van der Waals surface area (Å²) in [7, 11) is 0. The van der Waals surface area contributed by atoms with Crippen molar-refractivity contribution < 1.29 is 0 Å². The van der Waals surface area contributed by atoms with Crippen LogP contribution in [0.5, 0.6) is 0 Å². The average Bonchev–Trinajstić information content (AvgIpc) is 2.30. The van der Waals surface area contributed by atoms with E-state index in [2.05, 4.69) is 4.98 Å². The molecule has 0 bridgehead atoms. The van der Waals surface area contributed by atoms with Crippen molar-refractivity contribution in [1.29, 1.82) is 5.26 Å². The third-order valence-electron chi connectivity index (χ3n) is 2.24. The van der Waals surface area contributed by atoms with Gasteiger partial charge in [0.25, 0.3) is 0 Å². The summed E-state index contributed by atoms with van der Waals surface area (Å²) < 4.78 is 0. The molecule has 0 aliphatic carbocycles. The first kappa shape index (κ1) is 11.7. The molecule has 0 saturated carbocycles. The highest BCUT2D eigenvalue weighted by Gasteiger charge is 2.08. The SMILES string of the molecule is N#Cc1nc(-c2ccc(Cl)cc2Cl)ccc1N. The van der Waals surface area contributed by atoms with Crippen LogP contribution in [-0.4, -0.2) is 4.98 Å². The van der Waals surface area contributed by atoms with Crippen molar-refractivity contribution in [2.75, 3.05) is 5.73 Å². The van der Waals surface area contributed by atoms with E-state index in [9.17, 15) is 0 Å². The highest BCUT2D eigenvalue weighted by atomic mass is 35.5. The molecular weight excluding hydrogens is 257 g/mol. The highest BCUT2D eigenvalue weighted by molar-refractivity contribution is 6.36. The molecule has 2 rings (SSSR count). The second kappa shape index (κ2) is 4.62. The number of nitrogens with zero attached hydrogens (tertiary/aromatic N) is 2. The Morgan fingerprint density at radius 2 is 1.94 bits per heavy atom. The van der Waals surface area contributed by atoms with Gasteiger partial charge in [0.15, 0.2) is 5.69 Å². The molecule has 0 unspecified atom stereocenters. The molecule has 0 atom stereocenters. The van der Waals surface area contributed by atoms with Crippen molar-refractivity contribution in [3.8, 4) is 17.3 Å². The second-order valence-electron chi connectivity index (χ2n) is 3.37. The van der Waals surface area contributed by atoms with Gasteiger partial charge in [-0.1, -0.05) is 23.2 Å². The summed E-state index contributed by atoms with van der Waals surface area (Å²) >= 11 is 11.9. The number of aromatic nitrogens is 1. The fraction of sp³-hybridized carbons (Fsp3) is 0. The predicted octanol–water partition coefficient (Wildman–Crippen LogP) is 3.51. The van der Waals surface area contributed by atoms with Crippen LogP contribution in [0.2, 0.25) is 10.0 Å². The molecule has 2 N–H and O–H groups in total. The Labute approximate surface area is 108 Å². The molecule has 0 spiro atoms. The molecule has 0 amide bonds. The molecule has 17 heavy (non-hydrogen) atoms. The lowest BCUT2D eigenvalue weighted by Gasteiger charge is -2.05. The monoisotopic (exact) mass is 263 g/mol. The lowest BCUT2D eigenvalue weighted by molar-refractivity contribution is 1.27. The molecule has 1 aromatic carbocycles. The first-order valence-electron chi connectivity index (χ1n) is 4.74. The van der Waals surface area contributed by atoms with Crippen LogP contribution in [0.1, 0.15) is 5.69 Å². The molecule has 1 heterocycles. The van der Waals surface area contributed by atoms with E-state index >= 15 is 0 Å². The van der Waals surface area contributed by atoms with Gasteiger partial charge >= 0.3 is 0 Å². The van der Waals surface area contributed by atoms with Gasteiger partial charge in [0.05, 0.1) is 16.4 Å². The molecule has 0 fully saturated rings. The number of benzene rings is 1. The Balaban J connectivity index is 2.58. The molecule has 5 heteroatoms. The van der Waals surface area contributed by atoms with Crippen molar-refractivity contribution in [2.45, 2.75) is 0 Å². The first-order chi connectivity index (χ1) is 8.11. The maximum Gasteiger partial charge on any atom is 0.164 e. The van der Waals surface area contributed by atoms with E-state index in [1.807, 2.05) is 6.07 Å². The summed E-state index contributed by atoms with van der Waals surface area (Å²) in [6.45, 7) is 0. The van der Waals surface area contributed by atoms with Crippen LogP contribution < -0.4 is 5.73 Å². The van der Waals surface area contributed by atoms with Crippen LogP contribution in [0.4, 0.5) is 5.69 Å². The topological polar surface area (TPSA) is 62.7 Å². The zero-order chi connectivity index (χ0) is 12.4. The van der Waals surface area contributed by atoms with Gasteiger partial charge in [0, 0.05) is 10.6 Å². The number of hydrogen-bond acceptors (Lipinski definition) is 3. The van der Waals surface area contributed by atoms with Crippen molar-refractivity contribution >= 4 is 28.9 Å². The number of halogens is 2. The minimum atomic E-state index is 0.188. The van der Waals surface area contributed by atoms with Crippen LogP contribution in [0.15, 0.2) is 30.3 Å². The fourth-order valence-corrected chi connectivity index (χ4v) is 1.91. The quantitative estimate of drug-likeness (QED) is 0.857. The van der Waals surface area contributed by atoms with Crippen LogP contribution in [0.25, 0.3) is 11.3 Å². The van der Waals surface area contributed by atoms with Crippen molar-refractivity contribution in [2.24, 2.45) is 0 Å². The Bertz CT molecular complexity index is 618. The van der Waals surface area contributed by atoms with E-state index in [0.29, 0.717) is 27.0 Å².